The predicted octanol–water partition coefficient (Wildman–Crippen LogP) is 3.39. The van der Waals surface area contributed by atoms with Crippen LogP contribution in [0.4, 0.5) is 4.79 Å². The number of carbonyl (C=O) groups is 2. The predicted molar refractivity (Wildman–Crippen MR) is 104 cm³/mol. The molecule has 0 spiro atoms. The van der Waals surface area contributed by atoms with Crippen LogP contribution in [0.2, 0.25) is 0 Å². The van der Waals surface area contributed by atoms with Crippen molar-refractivity contribution in [1.82, 2.24) is 10.6 Å². The van der Waals surface area contributed by atoms with Crippen molar-refractivity contribution in [2.75, 3.05) is 0 Å². The summed E-state index contributed by atoms with van der Waals surface area (Å²) in [5, 5.41) is 24.1. The number of nitrogens with one attached hydrogen (secondary N) is 2. The molecular formula is C21H23N3O4. The highest BCUT2D eigenvalue weighted by molar-refractivity contribution is 5.94. The third kappa shape index (κ3) is 5.74. The Labute approximate surface area is 163 Å². The van der Waals surface area contributed by atoms with E-state index in [1.807, 2.05) is 26.8 Å². The monoisotopic (exact) mass is 381 g/mol. The summed E-state index contributed by atoms with van der Waals surface area (Å²) < 4.78 is 5.28. The maximum Gasteiger partial charge on any atom is 0.413 e. The maximum atomic E-state index is 12.4. The lowest BCUT2D eigenvalue weighted by Crippen LogP contribution is -2.42. The molecule has 0 atom stereocenters. The molecular weight excluding hydrogens is 358 g/mol. The van der Waals surface area contributed by atoms with Crippen LogP contribution in [0.5, 0.6) is 11.5 Å². The van der Waals surface area contributed by atoms with E-state index in [1.54, 1.807) is 37.3 Å². The molecule has 0 fully saturated rings. The molecule has 0 saturated heterocycles. The Balaban J connectivity index is 2.02. The van der Waals surface area contributed by atoms with Gasteiger partial charge in [-0.15, -0.1) is 0 Å². The van der Waals surface area contributed by atoms with Gasteiger partial charge in [0.15, 0.2) is 0 Å². The molecule has 2 amide bonds. The molecule has 0 saturated carbocycles. The van der Waals surface area contributed by atoms with Gasteiger partial charge in [-0.1, -0.05) is 6.07 Å². The van der Waals surface area contributed by atoms with Gasteiger partial charge in [0.2, 0.25) is 0 Å². The van der Waals surface area contributed by atoms with E-state index < -0.39 is 11.6 Å². The van der Waals surface area contributed by atoms with Crippen LogP contribution in [0.15, 0.2) is 36.4 Å². The number of nitrogens with zero attached hydrogens (tertiary/aromatic N) is 1. The lowest BCUT2D eigenvalue weighted by atomic mass is 10.1. The number of amides is 2. The molecule has 0 bridgehead atoms. The van der Waals surface area contributed by atoms with E-state index in [0.717, 1.165) is 0 Å². The number of phenolic OH excluding ortho intramolecular Hbond substituents is 1. The van der Waals surface area contributed by atoms with Crippen LogP contribution in [0.3, 0.4) is 0 Å². The standard InChI is InChI=1S/C21H23N3O4/c1-13-9-15(7-8-18(13)28-20(27)24-21(2,3)4)19(26)23-12-16-6-5-14(11-22)10-17(16)25/h5-10,25H,12H2,1-4H3,(H,23,26)(H,24,27). The number of nitriles is 1. The smallest absolute Gasteiger partial charge is 0.413 e. The first kappa shape index (κ1) is 20.8. The van der Waals surface area contributed by atoms with E-state index in [9.17, 15) is 14.7 Å². The van der Waals surface area contributed by atoms with Crippen molar-refractivity contribution in [3.05, 3.63) is 58.7 Å². The zero-order valence-electron chi connectivity index (χ0n) is 16.3. The first-order chi connectivity index (χ1) is 13.1. The Hall–Kier alpha value is -3.53. The first-order valence-corrected chi connectivity index (χ1v) is 8.70. The number of carbonyl (C=O) groups excluding carboxylic acids is 2. The summed E-state index contributed by atoms with van der Waals surface area (Å²) in [6.45, 7) is 7.39. The summed E-state index contributed by atoms with van der Waals surface area (Å²) >= 11 is 0. The number of hydrogen-bond donors (Lipinski definition) is 3. The minimum atomic E-state index is -0.566. The summed E-state index contributed by atoms with van der Waals surface area (Å²) in [6.07, 6.45) is -0.566. The van der Waals surface area contributed by atoms with Gasteiger partial charge in [0.05, 0.1) is 11.6 Å². The number of ether oxygens (including phenoxy) is 1. The van der Waals surface area contributed by atoms with E-state index >= 15 is 0 Å². The van der Waals surface area contributed by atoms with Gasteiger partial charge in [-0.3, -0.25) is 4.79 Å². The second-order valence-corrected chi connectivity index (χ2v) is 7.38. The van der Waals surface area contributed by atoms with Gasteiger partial charge in [-0.05, 0) is 63.6 Å². The number of benzene rings is 2. The Bertz CT molecular complexity index is 940. The summed E-state index contributed by atoms with van der Waals surface area (Å²) in [6, 6.07) is 11.2. The zero-order chi connectivity index (χ0) is 20.9. The van der Waals surface area contributed by atoms with Crippen LogP contribution in [-0.4, -0.2) is 22.6 Å². The minimum Gasteiger partial charge on any atom is -0.508 e. The van der Waals surface area contributed by atoms with Crippen molar-refractivity contribution in [2.45, 2.75) is 39.8 Å². The normalized spacial score (nSPS) is 10.7. The van der Waals surface area contributed by atoms with Crippen molar-refractivity contribution in [1.29, 1.82) is 5.26 Å². The molecule has 0 aliphatic rings. The molecule has 3 N–H and O–H groups in total. The molecule has 0 aliphatic heterocycles. The summed E-state index contributed by atoms with van der Waals surface area (Å²) in [7, 11) is 0. The van der Waals surface area contributed by atoms with E-state index in [-0.39, 0.29) is 18.2 Å². The van der Waals surface area contributed by atoms with Crippen molar-refractivity contribution in [3.63, 3.8) is 0 Å². The van der Waals surface area contributed by atoms with Gasteiger partial charge in [0.25, 0.3) is 5.91 Å². The molecule has 0 radical (unpaired) electrons. The van der Waals surface area contributed by atoms with Crippen molar-refractivity contribution in [3.8, 4) is 17.6 Å². The fourth-order valence-corrected chi connectivity index (χ4v) is 2.40. The molecule has 0 aliphatic carbocycles. The summed E-state index contributed by atoms with van der Waals surface area (Å²) in [5.41, 5.74) is 1.46. The Morgan fingerprint density at radius 1 is 1.18 bits per heavy atom. The highest BCUT2D eigenvalue weighted by Gasteiger charge is 2.17. The van der Waals surface area contributed by atoms with E-state index in [2.05, 4.69) is 10.6 Å². The molecule has 2 aromatic rings. The van der Waals surface area contributed by atoms with Crippen molar-refractivity contribution in [2.24, 2.45) is 0 Å². The van der Waals surface area contributed by atoms with Crippen LogP contribution in [0.25, 0.3) is 0 Å². The zero-order valence-corrected chi connectivity index (χ0v) is 16.3. The number of phenols is 1. The SMILES string of the molecule is Cc1cc(C(=O)NCc2ccc(C#N)cc2O)ccc1OC(=O)NC(C)(C)C. The average molecular weight is 381 g/mol. The van der Waals surface area contributed by atoms with Crippen LogP contribution in [0, 0.1) is 18.3 Å². The molecule has 7 heteroatoms. The van der Waals surface area contributed by atoms with E-state index in [4.69, 9.17) is 10.00 Å². The summed E-state index contributed by atoms with van der Waals surface area (Å²) in [4.78, 5) is 24.2. The van der Waals surface area contributed by atoms with E-state index in [0.29, 0.717) is 28.0 Å². The second-order valence-electron chi connectivity index (χ2n) is 7.38. The molecule has 0 heterocycles. The number of rotatable bonds is 4. The van der Waals surface area contributed by atoms with Gasteiger partial charge >= 0.3 is 6.09 Å². The van der Waals surface area contributed by atoms with Crippen LogP contribution >= 0.6 is 0 Å². The highest BCUT2D eigenvalue weighted by atomic mass is 16.6. The molecule has 0 aromatic heterocycles. The molecule has 2 rings (SSSR count). The molecule has 2 aromatic carbocycles. The highest BCUT2D eigenvalue weighted by Crippen LogP contribution is 2.21. The lowest BCUT2D eigenvalue weighted by Gasteiger charge is -2.20. The summed E-state index contributed by atoms with van der Waals surface area (Å²) in [5.74, 6) is -0.0234. The van der Waals surface area contributed by atoms with E-state index in [1.165, 1.54) is 6.07 Å². The second kappa shape index (κ2) is 8.44. The minimum absolute atomic E-state index is 0.0517. The Morgan fingerprint density at radius 2 is 1.89 bits per heavy atom. The maximum absolute atomic E-state index is 12.4. The average Bonchev–Trinajstić information content (AvgIpc) is 2.60. The molecule has 0 unspecified atom stereocenters. The number of aryl methyl sites for hydroxylation is 1. The number of hydrogen-bond acceptors (Lipinski definition) is 5. The molecule has 28 heavy (non-hydrogen) atoms. The van der Waals surface area contributed by atoms with Gasteiger partial charge in [0, 0.05) is 23.2 Å². The van der Waals surface area contributed by atoms with Gasteiger partial charge < -0.3 is 20.5 Å². The first-order valence-electron chi connectivity index (χ1n) is 8.70. The van der Waals surface area contributed by atoms with Gasteiger partial charge in [-0.25, -0.2) is 4.79 Å². The van der Waals surface area contributed by atoms with Crippen LogP contribution in [-0.2, 0) is 6.54 Å². The fraction of sp³-hybridized carbons (Fsp3) is 0.286. The Kier molecular flexibility index (Phi) is 6.26. The fourth-order valence-electron chi connectivity index (χ4n) is 2.40. The van der Waals surface area contributed by atoms with Crippen LogP contribution < -0.4 is 15.4 Å². The molecule has 7 nitrogen and oxygen atoms in total. The van der Waals surface area contributed by atoms with Crippen molar-refractivity contribution >= 4 is 12.0 Å². The lowest BCUT2D eigenvalue weighted by molar-refractivity contribution is 0.0950. The molecule has 146 valence electrons. The topological polar surface area (TPSA) is 111 Å². The van der Waals surface area contributed by atoms with Gasteiger partial charge in [-0.2, -0.15) is 5.26 Å². The third-order valence-electron chi connectivity index (χ3n) is 3.77. The quantitative estimate of drug-likeness (QED) is 0.752. The van der Waals surface area contributed by atoms with Crippen molar-refractivity contribution < 1.29 is 19.4 Å². The largest absolute Gasteiger partial charge is 0.508 e. The van der Waals surface area contributed by atoms with Gasteiger partial charge in [0.1, 0.15) is 11.5 Å². The Morgan fingerprint density at radius 3 is 2.46 bits per heavy atom. The third-order valence-corrected chi connectivity index (χ3v) is 3.77. The van der Waals surface area contributed by atoms with Crippen LogP contribution in [0.1, 0.15) is 47.8 Å². The number of aromatic hydroxyl groups is 1.